The van der Waals surface area contributed by atoms with Crippen LogP contribution in [0, 0.1) is 5.92 Å². The SMILES string of the molecule is CC(C)OCCS(=O)(=O)N1CCC(CCN)C1. The first-order valence-corrected chi connectivity index (χ1v) is 7.86. The Kier molecular flexibility index (Phi) is 5.85. The molecular formula is C11H24N2O3S. The average molecular weight is 264 g/mol. The normalized spacial score (nSPS) is 22.5. The highest BCUT2D eigenvalue weighted by Gasteiger charge is 2.30. The van der Waals surface area contributed by atoms with E-state index in [0.717, 1.165) is 12.8 Å². The lowest BCUT2D eigenvalue weighted by molar-refractivity contribution is 0.0907. The lowest BCUT2D eigenvalue weighted by atomic mass is 10.1. The highest BCUT2D eigenvalue weighted by atomic mass is 32.2. The van der Waals surface area contributed by atoms with Crippen LogP contribution in [0.2, 0.25) is 0 Å². The zero-order valence-electron chi connectivity index (χ0n) is 10.8. The number of sulfonamides is 1. The third kappa shape index (κ3) is 4.91. The molecular weight excluding hydrogens is 240 g/mol. The minimum atomic E-state index is -3.14. The highest BCUT2D eigenvalue weighted by molar-refractivity contribution is 7.89. The van der Waals surface area contributed by atoms with Gasteiger partial charge in [0.1, 0.15) is 0 Å². The Hall–Kier alpha value is -0.170. The molecule has 0 aromatic rings. The van der Waals surface area contributed by atoms with E-state index in [4.69, 9.17) is 10.5 Å². The standard InChI is InChI=1S/C11H24N2O3S/c1-10(2)16-7-8-17(14,15)13-6-4-11(9-13)3-5-12/h10-11H,3-9,12H2,1-2H3. The molecule has 1 aliphatic rings. The summed E-state index contributed by atoms with van der Waals surface area (Å²) in [6.45, 7) is 5.97. The first-order chi connectivity index (χ1) is 7.95. The molecule has 0 spiro atoms. The molecule has 0 saturated carbocycles. The second-order valence-electron chi connectivity index (χ2n) is 4.83. The fourth-order valence-corrected chi connectivity index (χ4v) is 3.43. The summed E-state index contributed by atoms with van der Waals surface area (Å²) in [5.41, 5.74) is 5.49. The maximum atomic E-state index is 12.0. The molecule has 0 aliphatic carbocycles. The van der Waals surface area contributed by atoms with Gasteiger partial charge in [-0.25, -0.2) is 12.7 Å². The Morgan fingerprint density at radius 3 is 2.76 bits per heavy atom. The smallest absolute Gasteiger partial charge is 0.216 e. The third-order valence-corrected chi connectivity index (χ3v) is 4.81. The van der Waals surface area contributed by atoms with Gasteiger partial charge in [-0.2, -0.15) is 0 Å². The second kappa shape index (κ2) is 6.68. The summed E-state index contributed by atoms with van der Waals surface area (Å²) in [4.78, 5) is 0. The molecule has 1 saturated heterocycles. The van der Waals surface area contributed by atoms with Gasteiger partial charge in [-0.15, -0.1) is 0 Å². The van der Waals surface area contributed by atoms with Gasteiger partial charge >= 0.3 is 0 Å². The van der Waals surface area contributed by atoms with Crippen LogP contribution in [0.1, 0.15) is 26.7 Å². The van der Waals surface area contributed by atoms with E-state index in [1.807, 2.05) is 13.8 Å². The number of nitrogens with two attached hydrogens (primary N) is 1. The van der Waals surface area contributed by atoms with E-state index >= 15 is 0 Å². The minimum absolute atomic E-state index is 0.0776. The highest BCUT2D eigenvalue weighted by Crippen LogP contribution is 2.21. The summed E-state index contributed by atoms with van der Waals surface area (Å²) in [6, 6.07) is 0. The van der Waals surface area contributed by atoms with Crippen molar-refractivity contribution in [2.24, 2.45) is 11.7 Å². The number of hydrogen-bond donors (Lipinski definition) is 1. The molecule has 5 nitrogen and oxygen atoms in total. The summed E-state index contributed by atoms with van der Waals surface area (Å²) in [6.07, 6.45) is 1.92. The van der Waals surface area contributed by atoms with Crippen LogP contribution < -0.4 is 5.73 Å². The summed E-state index contributed by atoms with van der Waals surface area (Å²) in [5, 5.41) is 0. The summed E-state index contributed by atoms with van der Waals surface area (Å²) in [7, 11) is -3.14. The fourth-order valence-electron chi connectivity index (χ4n) is 2.04. The summed E-state index contributed by atoms with van der Waals surface area (Å²) < 4.78 is 30.8. The molecule has 102 valence electrons. The molecule has 1 atom stereocenters. The predicted molar refractivity (Wildman–Crippen MR) is 68.2 cm³/mol. The van der Waals surface area contributed by atoms with Crippen molar-refractivity contribution in [2.75, 3.05) is 32.0 Å². The van der Waals surface area contributed by atoms with Crippen molar-refractivity contribution in [3.05, 3.63) is 0 Å². The van der Waals surface area contributed by atoms with Gasteiger partial charge in [0.25, 0.3) is 0 Å². The van der Waals surface area contributed by atoms with E-state index in [0.29, 0.717) is 25.6 Å². The summed E-state index contributed by atoms with van der Waals surface area (Å²) in [5.74, 6) is 0.515. The fraction of sp³-hybridized carbons (Fsp3) is 1.00. The second-order valence-corrected chi connectivity index (χ2v) is 6.91. The molecule has 0 bridgehead atoms. The molecule has 0 aromatic carbocycles. The Morgan fingerprint density at radius 2 is 2.18 bits per heavy atom. The molecule has 1 rings (SSSR count). The van der Waals surface area contributed by atoms with Crippen LogP contribution in [-0.2, 0) is 14.8 Å². The first kappa shape index (κ1) is 14.9. The largest absolute Gasteiger partial charge is 0.378 e. The lowest BCUT2D eigenvalue weighted by Crippen LogP contribution is -2.33. The van der Waals surface area contributed by atoms with Crippen molar-refractivity contribution in [3.8, 4) is 0 Å². The molecule has 1 aliphatic heterocycles. The van der Waals surface area contributed by atoms with Crippen molar-refractivity contribution in [1.82, 2.24) is 4.31 Å². The van der Waals surface area contributed by atoms with Gasteiger partial charge in [0, 0.05) is 13.1 Å². The lowest BCUT2D eigenvalue weighted by Gasteiger charge is -2.17. The van der Waals surface area contributed by atoms with Gasteiger partial charge in [0.2, 0.25) is 10.0 Å². The molecule has 6 heteroatoms. The zero-order valence-corrected chi connectivity index (χ0v) is 11.6. The molecule has 0 aromatic heterocycles. The molecule has 2 N–H and O–H groups in total. The van der Waals surface area contributed by atoms with Crippen LogP contribution in [0.3, 0.4) is 0 Å². The van der Waals surface area contributed by atoms with Crippen LogP contribution in [0.4, 0.5) is 0 Å². The van der Waals surface area contributed by atoms with Crippen LogP contribution in [0.5, 0.6) is 0 Å². The topological polar surface area (TPSA) is 72.6 Å². The van der Waals surface area contributed by atoms with Crippen molar-refractivity contribution in [3.63, 3.8) is 0 Å². The third-order valence-electron chi connectivity index (χ3n) is 3.01. The molecule has 1 fully saturated rings. The van der Waals surface area contributed by atoms with Crippen molar-refractivity contribution in [2.45, 2.75) is 32.8 Å². The Morgan fingerprint density at radius 1 is 1.47 bits per heavy atom. The predicted octanol–water partition coefficient (Wildman–Crippen LogP) is 0.412. The summed E-state index contributed by atoms with van der Waals surface area (Å²) >= 11 is 0. The Balaban J connectivity index is 2.38. The maximum absolute atomic E-state index is 12.0. The van der Waals surface area contributed by atoms with Gasteiger partial charge < -0.3 is 10.5 Å². The van der Waals surface area contributed by atoms with Gasteiger partial charge in [-0.3, -0.25) is 0 Å². The van der Waals surface area contributed by atoms with E-state index in [1.54, 1.807) is 4.31 Å². The number of nitrogens with zero attached hydrogens (tertiary/aromatic N) is 1. The molecule has 0 radical (unpaired) electrons. The number of ether oxygens (including phenoxy) is 1. The van der Waals surface area contributed by atoms with E-state index in [9.17, 15) is 8.42 Å². The van der Waals surface area contributed by atoms with Gasteiger partial charge in [0.15, 0.2) is 0 Å². The average Bonchev–Trinajstić information content (AvgIpc) is 2.66. The van der Waals surface area contributed by atoms with Gasteiger partial charge in [-0.05, 0) is 39.2 Å². The van der Waals surface area contributed by atoms with Gasteiger partial charge in [-0.1, -0.05) is 0 Å². The number of hydrogen-bond acceptors (Lipinski definition) is 4. The molecule has 1 unspecified atom stereocenters. The monoisotopic (exact) mass is 264 g/mol. The van der Waals surface area contributed by atoms with Crippen molar-refractivity contribution >= 4 is 10.0 Å². The van der Waals surface area contributed by atoms with Crippen molar-refractivity contribution < 1.29 is 13.2 Å². The van der Waals surface area contributed by atoms with Crippen LogP contribution in [-0.4, -0.2) is 50.8 Å². The molecule has 1 heterocycles. The first-order valence-electron chi connectivity index (χ1n) is 6.25. The van der Waals surface area contributed by atoms with Crippen LogP contribution >= 0.6 is 0 Å². The Bertz CT molecular complexity index is 317. The van der Waals surface area contributed by atoms with E-state index in [1.165, 1.54) is 0 Å². The van der Waals surface area contributed by atoms with Crippen molar-refractivity contribution in [1.29, 1.82) is 0 Å². The maximum Gasteiger partial charge on any atom is 0.216 e. The Labute approximate surface area is 104 Å². The van der Waals surface area contributed by atoms with E-state index < -0.39 is 10.0 Å². The van der Waals surface area contributed by atoms with Crippen LogP contribution in [0.15, 0.2) is 0 Å². The van der Waals surface area contributed by atoms with Gasteiger partial charge in [0.05, 0.1) is 18.5 Å². The van der Waals surface area contributed by atoms with Crippen LogP contribution in [0.25, 0.3) is 0 Å². The molecule has 0 amide bonds. The minimum Gasteiger partial charge on any atom is -0.378 e. The van der Waals surface area contributed by atoms with E-state index in [2.05, 4.69) is 0 Å². The quantitative estimate of drug-likeness (QED) is 0.723. The molecule has 17 heavy (non-hydrogen) atoms. The zero-order chi connectivity index (χ0) is 12.9. The number of rotatable bonds is 7. The van der Waals surface area contributed by atoms with E-state index in [-0.39, 0.29) is 18.5 Å².